The average molecular weight is 408 g/mol. The third-order valence-electron chi connectivity index (χ3n) is 5.12. The van der Waals surface area contributed by atoms with E-state index in [9.17, 15) is 5.26 Å². The molecule has 0 saturated heterocycles. The van der Waals surface area contributed by atoms with E-state index in [1.54, 1.807) is 11.8 Å². The van der Waals surface area contributed by atoms with Gasteiger partial charge < -0.3 is 10.1 Å². The minimum atomic E-state index is -0.320. The van der Waals surface area contributed by atoms with Crippen LogP contribution >= 0.6 is 11.8 Å². The summed E-state index contributed by atoms with van der Waals surface area (Å²) in [7, 11) is 0. The molecule has 1 aromatic carbocycles. The molecule has 0 radical (unpaired) electrons. The summed E-state index contributed by atoms with van der Waals surface area (Å²) in [4.78, 5) is 0. The van der Waals surface area contributed by atoms with Gasteiger partial charge in [0.25, 0.3) is 0 Å². The molecule has 0 amide bonds. The molecule has 0 spiro atoms. The molecule has 0 aliphatic carbocycles. The molecular formula is C22H25N5OS. The Bertz CT molecular complexity index is 1070. The van der Waals surface area contributed by atoms with E-state index in [4.69, 9.17) is 4.74 Å². The van der Waals surface area contributed by atoms with Crippen LogP contribution in [0.15, 0.2) is 35.5 Å². The number of nitrogens with one attached hydrogen (secondary N) is 1. The SMILES string of the molecule is CCCCSc1nnc2c3c(c(C#N)c(Nc4ccccc4)n12)CC(C)(C)OC3. The lowest BCUT2D eigenvalue weighted by atomic mass is 9.89. The van der Waals surface area contributed by atoms with Crippen molar-refractivity contribution in [1.29, 1.82) is 5.26 Å². The summed E-state index contributed by atoms with van der Waals surface area (Å²) in [6.45, 7) is 6.72. The standard InChI is InChI=1S/C22H25N5OS/c1-4-5-11-29-21-26-25-20-18-14-28-22(2,3)12-16(18)17(13-23)19(27(20)21)24-15-9-7-6-8-10-15/h6-10,24H,4-5,11-12,14H2,1-3H3. The maximum atomic E-state index is 10.1. The van der Waals surface area contributed by atoms with Crippen LogP contribution in [0, 0.1) is 11.3 Å². The van der Waals surface area contributed by atoms with Gasteiger partial charge in [0.05, 0.1) is 17.8 Å². The number of para-hydroxylation sites is 1. The van der Waals surface area contributed by atoms with Crippen LogP contribution in [-0.4, -0.2) is 26.0 Å². The third kappa shape index (κ3) is 3.83. The van der Waals surface area contributed by atoms with Gasteiger partial charge in [-0.1, -0.05) is 43.3 Å². The quantitative estimate of drug-likeness (QED) is 0.453. The predicted molar refractivity (Wildman–Crippen MR) is 116 cm³/mol. The van der Waals surface area contributed by atoms with Gasteiger partial charge in [-0.15, -0.1) is 10.2 Å². The number of aromatic nitrogens is 3. The minimum Gasteiger partial charge on any atom is -0.370 e. The summed E-state index contributed by atoms with van der Waals surface area (Å²) in [6.07, 6.45) is 2.89. The molecule has 0 saturated carbocycles. The van der Waals surface area contributed by atoms with Crippen LogP contribution in [0.4, 0.5) is 11.5 Å². The monoisotopic (exact) mass is 407 g/mol. The zero-order chi connectivity index (χ0) is 20.4. The van der Waals surface area contributed by atoms with E-state index in [1.807, 2.05) is 34.7 Å². The van der Waals surface area contributed by atoms with E-state index in [1.165, 1.54) is 0 Å². The van der Waals surface area contributed by atoms with Crippen molar-refractivity contribution in [2.24, 2.45) is 0 Å². The van der Waals surface area contributed by atoms with Crippen molar-refractivity contribution in [3.05, 3.63) is 47.0 Å². The number of nitriles is 1. The van der Waals surface area contributed by atoms with Crippen LogP contribution in [0.3, 0.4) is 0 Å². The van der Waals surface area contributed by atoms with Gasteiger partial charge in [-0.25, -0.2) is 0 Å². The Morgan fingerprint density at radius 2 is 2.03 bits per heavy atom. The van der Waals surface area contributed by atoms with Crippen LogP contribution in [0.2, 0.25) is 0 Å². The topological polar surface area (TPSA) is 75.2 Å². The van der Waals surface area contributed by atoms with E-state index in [-0.39, 0.29) is 5.60 Å². The molecule has 1 aliphatic rings. The van der Waals surface area contributed by atoms with Gasteiger partial charge in [0.15, 0.2) is 10.8 Å². The molecule has 29 heavy (non-hydrogen) atoms. The van der Waals surface area contributed by atoms with Gasteiger partial charge in [0.1, 0.15) is 11.9 Å². The fourth-order valence-electron chi connectivity index (χ4n) is 3.60. The van der Waals surface area contributed by atoms with Crippen molar-refractivity contribution in [1.82, 2.24) is 14.6 Å². The highest BCUT2D eigenvalue weighted by atomic mass is 32.2. The lowest BCUT2D eigenvalue weighted by molar-refractivity contribution is -0.0397. The first kappa shape index (κ1) is 19.7. The number of pyridine rings is 1. The second kappa shape index (κ2) is 8.05. The number of anilines is 2. The Hall–Kier alpha value is -2.56. The molecule has 2 aromatic heterocycles. The molecule has 0 unspecified atom stereocenters. The number of fused-ring (bicyclic) bond motifs is 3. The predicted octanol–water partition coefficient (Wildman–Crippen LogP) is 5.09. The maximum absolute atomic E-state index is 10.1. The molecular weight excluding hydrogens is 382 g/mol. The highest BCUT2D eigenvalue weighted by Gasteiger charge is 2.33. The number of hydrogen-bond acceptors (Lipinski definition) is 6. The zero-order valence-electron chi connectivity index (χ0n) is 17.0. The molecule has 1 aliphatic heterocycles. The van der Waals surface area contributed by atoms with Gasteiger partial charge >= 0.3 is 0 Å². The highest BCUT2D eigenvalue weighted by molar-refractivity contribution is 7.99. The van der Waals surface area contributed by atoms with E-state index >= 15 is 0 Å². The Labute approximate surface area is 175 Å². The van der Waals surface area contributed by atoms with Gasteiger partial charge in [-0.3, -0.25) is 4.40 Å². The van der Waals surface area contributed by atoms with Crippen molar-refractivity contribution in [3.8, 4) is 6.07 Å². The average Bonchev–Trinajstić information content (AvgIpc) is 3.12. The molecule has 6 nitrogen and oxygen atoms in total. The molecule has 3 aromatic rings. The lowest BCUT2D eigenvalue weighted by Crippen LogP contribution is -2.33. The van der Waals surface area contributed by atoms with Crippen LogP contribution < -0.4 is 5.32 Å². The Morgan fingerprint density at radius 3 is 2.76 bits per heavy atom. The number of benzene rings is 1. The fraction of sp³-hybridized carbons (Fsp3) is 0.409. The Morgan fingerprint density at radius 1 is 1.24 bits per heavy atom. The highest BCUT2D eigenvalue weighted by Crippen LogP contribution is 2.38. The third-order valence-corrected chi connectivity index (χ3v) is 6.13. The number of ether oxygens (including phenoxy) is 1. The first-order valence-electron chi connectivity index (χ1n) is 9.96. The molecule has 0 bridgehead atoms. The molecule has 4 rings (SSSR count). The number of rotatable bonds is 6. The summed E-state index contributed by atoms with van der Waals surface area (Å²) in [6, 6.07) is 12.4. The van der Waals surface area contributed by atoms with E-state index in [0.717, 1.165) is 52.0 Å². The van der Waals surface area contributed by atoms with Crippen molar-refractivity contribution >= 4 is 28.9 Å². The molecule has 3 heterocycles. The van der Waals surface area contributed by atoms with Crippen molar-refractivity contribution in [2.45, 2.75) is 57.4 Å². The van der Waals surface area contributed by atoms with Gasteiger partial charge in [-0.05, 0) is 38.0 Å². The summed E-state index contributed by atoms with van der Waals surface area (Å²) in [5, 5.41) is 23.4. The second-order valence-corrected chi connectivity index (χ2v) is 8.91. The van der Waals surface area contributed by atoms with Crippen molar-refractivity contribution in [3.63, 3.8) is 0 Å². The fourth-order valence-corrected chi connectivity index (χ4v) is 4.62. The van der Waals surface area contributed by atoms with Gasteiger partial charge in [-0.2, -0.15) is 5.26 Å². The number of nitrogens with zero attached hydrogens (tertiary/aromatic N) is 4. The van der Waals surface area contributed by atoms with E-state index in [0.29, 0.717) is 18.6 Å². The number of unbranched alkanes of at least 4 members (excludes halogenated alkanes) is 1. The molecule has 0 fully saturated rings. The largest absolute Gasteiger partial charge is 0.370 e. The van der Waals surface area contributed by atoms with E-state index < -0.39 is 0 Å². The number of thioether (sulfide) groups is 1. The molecule has 150 valence electrons. The minimum absolute atomic E-state index is 0.320. The summed E-state index contributed by atoms with van der Waals surface area (Å²) in [5.74, 6) is 1.69. The van der Waals surface area contributed by atoms with Crippen LogP contribution in [0.25, 0.3) is 5.65 Å². The smallest absolute Gasteiger partial charge is 0.197 e. The van der Waals surface area contributed by atoms with Gasteiger partial charge in [0.2, 0.25) is 0 Å². The molecule has 1 N–H and O–H groups in total. The van der Waals surface area contributed by atoms with E-state index in [2.05, 4.69) is 42.4 Å². The molecule has 0 atom stereocenters. The first-order valence-corrected chi connectivity index (χ1v) is 10.9. The van der Waals surface area contributed by atoms with Crippen molar-refractivity contribution < 1.29 is 4.74 Å². The summed E-state index contributed by atoms with van der Waals surface area (Å²) < 4.78 is 8.04. The number of hydrogen-bond donors (Lipinski definition) is 1. The second-order valence-electron chi connectivity index (χ2n) is 7.85. The first-order chi connectivity index (χ1) is 14.0. The lowest BCUT2D eigenvalue weighted by Gasteiger charge is -2.33. The normalized spacial score (nSPS) is 15.1. The Kier molecular flexibility index (Phi) is 5.48. The van der Waals surface area contributed by atoms with Crippen LogP contribution in [0.1, 0.15) is 50.3 Å². The zero-order valence-corrected chi connectivity index (χ0v) is 17.8. The maximum Gasteiger partial charge on any atom is 0.197 e. The van der Waals surface area contributed by atoms with Crippen LogP contribution in [-0.2, 0) is 17.8 Å². The summed E-state index contributed by atoms with van der Waals surface area (Å²) in [5.41, 5.74) is 3.99. The van der Waals surface area contributed by atoms with Crippen molar-refractivity contribution in [2.75, 3.05) is 11.1 Å². The summed E-state index contributed by atoms with van der Waals surface area (Å²) >= 11 is 1.67. The Balaban J connectivity index is 1.93. The molecule has 7 heteroatoms. The van der Waals surface area contributed by atoms with Crippen LogP contribution in [0.5, 0.6) is 0 Å². The van der Waals surface area contributed by atoms with Gasteiger partial charge in [0, 0.05) is 23.4 Å².